The second kappa shape index (κ2) is 6.80. The molecule has 0 amide bonds. The van der Waals surface area contributed by atoms with Gasteiger partial charge in [-0.15, -0.1) is 0 Å². The fourth-order valence-corrected chi connectivity index (χ4v) is 9.19. The van der Waals surface area contributed by atoms with Gasteiger partial charge in [0.1, 0.15) is 0 Å². The minimum Gasteiger partial charge on any atom is -0.404 e. The van der Waals surface area contributed by atoms with Crippen LogP contribution < -0.4 is 10.4 Å². The minimum atomic E-state index is -2.45. The quantitative estimate of drug-likeness (QED) is 0.602. The van der Waals surface area contributed by atoms with E-state index in [1.54, 1.807) is 0 Å². The van der Waals surface area contributed by atoms with E-state index < -0.39 is 8.32 Å². The highest BCUT2D eigenvalue weighted by Gasteiger charge is 2.52. The summed E-state index contributed by atoms with van der Waals surface area (Å²) in [5.74, 6) is 0. The van der Waals surface area contributed by atoms with Crippen LogP contribution in [-0.2, 0) is 9.16 Å². The fourth-order valence-electron chi connectivity index (χ4n) is 4.48. The van der Waals surface area contributed by atoms with E-state index >= 15 is 0 Å². The first-order valence-electron chi connectivity index (χ1n) is 9.62. The molecule has 0 saturated carbocycles. The third-order valence-electron chi connectivity index (χ3n) is 5.64. The molecule has 3 atom stereocenters. The van der Waals surface area contributed by atoms with E-state index in [2.05, 4.69) is 93.6 Å². The van der Waals surface area contributed by atoms with E-state index in [-0.39, 0.29) is 23.4 Å². The number of hydrogen-bond acceptors (Lipinski definition) is 2. The summed E-state index contributed by atoms with van der Waals surface area (Å²) in [6.45, 7) is 7.02. The average Bonchev–Trinajstić information content (AvgIpc) is 2.98. The Morgan fingerprint density at radius 3 is 1.69 bits per heavy atom. The Balaban J connectivity index is 1.80. The number of benzene rings is 2. The lowest BCUT2D eigenvalue weighted by Crippen LogP contribution is -2.68. The van der Waals surface area contributed by atoms with E-state index in [1.807, 2.05) is 0 Å². The molecule has 2 aromatic carbocycles. The van der Waals surface area contributed by atoms with Crippen LogP contribution in [-0.4, -0.2) is 26.6 Å². The standard InChI is InChI=1S/C23H28O2Si/c1-23(2,3)26(21-10-6-4-7-11-21,22-12-8-5-9-13-22)25-20-16-18-14-15-19(17-20)24-18/h4-15,18-20H,16-17H2,1-3H3/t18-,19+,20?. The number of ether oxygens (including phenoxy) is 1. The molecule has 0 aromatic heterocycles. The first kappa shape index (κ1) is 17.7. The van der Waals surface area contributed by atoms with E-state index in [4.69, 9.17) is 9.16 Å². The maximum absolute atomic E-state index is 7.22. The molecule has 0 spiro atoms. The summed E-state index contributed by atoms with van der Waals surface area (Å²) >= 11 is 0. The molecule has 0 aliphatic carbocycles. The van der Waals surface area contributed by atoms with E-state index in [0.29, 0.717) is 0 Å². The van der Waals surface area contributed by atoms with Crippen molar-refractivity contribution in [3.8, 4) is 0 Å². The van der Waals surface area contributed by atoms with Crippen LogP contribution in [0.5, 0.6) is 0 Å². The van der Waals surface area contributed by atoms with Crippen molar-refractivity contribution < 1.29 is 9.16 Å². The van der Waals surface area contributed by atoms with Crippen molar-refractivity contribution in [2.45, 2.75) is 57.0 Å². The third-order valence-corrected chi connectivity index (χ3v) is 10.7. The maximum Gasteiger partial charge on any atom is 0.261 e. The van der Waals surface area contributed by atoms with Crippen LogP contribution in [0.3, 0.4) is 0 Å². The SMILES string of the molecule is CC(C)(C)[Si](OC1C[C@H]2C=C[C@@H](C1)O2)(c1ccccc1)c1ccccc1. The molecule has 1 unspecified atom stereocenters. The minimum absolute atomic E-state index is 0.0283. The number of hydrogen-bond donors (Lipinski definition) is 0. The predicted molar refractivity (Wildman–Crippen MR) is 110 cm³/mol. The molecule has 1 saturated heterocycles. The van der Waals surface area contributed by atoms with Crippen molar-refractivity contribution in [1.82, 2.24) is 0 Å². The van der Waals surface area contributed by atoms with E-state index in [1.165, 1.54) is 10.4 Å². The van der Waals surface area contributed by atoms with Crippen molar-refractivity contribution in [3.05, 3.63) is 72.8 Å². The highest BCUT2D eigenvalue weighted by atomic mass is 28.4. The molecular formula is C23H28O2Si. The second-order valence-corrected chi connectivity index (χ2v) is 12.7. The van der Waals surface area contributed by atoms with Gasteiger partial charge in [0.2, 0.25) is 0 Å². The summed E-state index contributed by atoms with van der Waals surface area (Å²) in [6.07, 6.45) is 7.00. The third kappa shape index (κ3) is 3.09. The van der Waals surface area contributed by atoms with Gasteiger partial charge in [0.25, 0.3) is 8.32 Å². The first-order valence-corrected chi connectivity index (χ1v) is 11.5. The molecule has 136 valence electrons. The van der Waals surface area contributed by atoms with Gasteiger partial charge in [0.15, 0.2) is 0 Å². The van der Waals surface area contributed by atoms with Crippen LogP contribution in [0.4, 0.5) is 0 Å². The van der Waals surface area contributed by atoms with Crippen LogP contribution in [0, 0.1) is 0 Å². The Kier molecular flexibility index (Phi) is 4.64. The molecular weight excluding hydrogens is 336 g/mol. The number of fused-ring (bicyclic) bond motifs is 2. The molecule has 1 fully saturated rings. The van der Waals surface area contributed by atoms with Crippen molar-refractivity contribution >= 4 is 18.7 Å². The molecule has 2 aliphatic rings. The Bertz CT molecular complexity index is 710. The molecule has 2 aromatic rings. The van der Waals surface area contributed by atoms with Gasteiger partial charge in [0, 0.05) is 12.8 Å². The Morgan fingerprint density at radius 1 is 0.808 bits per heavy atom. The van der Waals surface area contributed by atoms with Crippen LogP contribution in [0.2, 0.25) is 5.04 Å². The molecule has 2 nitrogen and oxygen atoms in total. The zero-order valence-corrected chi connectivity index (χ0v) is 16.9. The Morgan fingerprint density at radius 2 is 1.27 bits per heavy atom. The lowest BCUT2D eigenvalue weighted by Gasteiger charge is -2.46. The van der Waals surface area contributed by atoms with Gasteiger partial charge in [-0.3, -0.25) is 0 Å². The van der Waals surface area contributed by atoms with Crippen molar-refractivity contribution in [3.63, 3.8) is 0 Å². The van der Waals surface area contributed by atoms with Crippen LogP contribution in [0.25, 0.3) is 0 Å². The summed E-state index contributed by atoms with van der Waals surface area (Å²) < 4.78 is 13.2. The van der Waals surface area contributed by atoms with Gasteiger partial charge in [-0.05, 0) is 15.4 Å². The zero-order valence-electron chi connectivity index (χ0n) is 15.9. The largest absolute Gasteiger partial charge is 0.404 e. The molecule has 2 bridgehead atoms. The van der Waals surface area contributed by atoms with Gasteiger partial charge in [-0.2, -0.15) is 0 Å². The smallest absolute Gasteiger partial charge is 0.261 e. The normalized spacial score (nSPS) is 25.4. The molecule has 4 rings (SSSR count). The highest BCUT2D eigenvalue weighted by molar-refractivity contribution is 6.99. The highest BCUT2D eigenvalue weighted by Crippen LogP contribution is 2.40. The molecule has 2 aliphatic heterocycles. The van der Waals surface area contributed by atoms with Crippen LogP contribution in [0.15, 0.2) is 72.8 Å². The molecule has 3 heteroatoms. The van der Waals surface area contributed by atoms with Gasteiger partial charge in [-0.25, -0.2) is 0 Å². The Labute approximate surface area is 158 Å². The topological polar surface area (TPSA) is 18.5 Å². The van der Waals surface area contributed by atoms with Gasteiger partial charge < -0.3 is 9.16 Å². The van der Waals surface area contributed by atoms with Gasteiger partial charge in [0.05, 0.1) is 18.3 Å². The van der Waals surface area contributed by atoms with E-state index in [9.17, 15) is 0 Å². The summed E-state index contributed by atoms with van der Waals surface area (Å²) in [7, 11) is -2.45. The van der Waals surface area contributed by atoms with Gasteiger partial charge >= 0.3 is 0 Å². The summed E-state index contributed by atoms with van der Waals surface area (Å²) in [5.41, 5.74) is 0. The molecule has 0 N–H and O–H groups in total. The number of rotatable bonds is 4. The monoisotopic (exact) mass is 364 g/mol. The summed E-state index contributed by atoms with van der Waals surface area (Å²) in [6, 6.07) is 21.8. The molecule has 2 heterocycles. The van der Waals surface area contributed by atoms with Crippen molar-refractivity contribution in [2.24, 2.45) is 0 Å². The predicted octanol–water partition coefficient (Wildman–Crippen LogP) is 4.05. The maximum atomic E-state index is 7.22. The zero-order chi connectivity index (χ0) is 18.2. The van der Waals surface area contributed by atoms with E-state index in [0.717, 1.165) is 12.8 Å². The average molecular weight is 365 g/mol. The Hall–Kier alpha value is -1.68. The first-order chi connectivity index (χ1) is 12.5. The van der Waals surface area contributed by atoms with Crippen molar-refractivity contribution in [1.29, 1.82) is 0 Å². The van der Waals surface area contributed by atoms with Crippen LogP contribution >= 0.6 is 0 Å². The second-order valence-electron chi connectivity index (χ2n) is 8.47. The van der Waals surface area contributed by atoms with Crippen molar-refractivity contribution in [2.75, 3.05) is 0 Å². The lowest BCUT2D eigenvalue weighted by molar-refractivity contribution is -0.0351. The summed E-state index contributed by atoms with van der Waals surface area (Å²) in [4.78, 5) is 0. The molecule has 26 heavy (non-hydrogen) atoms. The van der Waals surface area contributed by atoms with Gasteiger partial charge in [-0.1, -0.05) is 93.6 Å². The van der Waals surface area contributed by atoms with Crippen LogP contribution in [0.1, 0.15) is 33.6 Å². The summed E-state index contributed by atoms with van der Waals surface area (Å²) in [5, 5.41) is 2.73. The lowest BCUT2D eigenvalue weighted by atomic mass is 10.1. The fraction of sp³-hybridized carbons (Fsp3) is 0.391. The molecule has 0 radical (unpaired) electrons.